The average molecular weight is 252 g/mol. The van der Waals surface area contributed by atoms with Crippen molar-refractivity contribution in [1.82, 2.24) is 10.2 Å². The highest BCUT2D eigenvalue weighted by Crippen LogP contribution is 2.31. The fourth-order valence-corrected chi connectivity index (χ4v) is 3.74. The summed E-state index contributed by atoms with van der Waals surface area (Å²) in [5, 5.41) is 3.39. The lowest BCUT2D eigenvalue weighted by Crippen LogP contribution is -2.61. The molecule has 0 radical (unpaired) electrons. The van der Waals surface area contributed by atoms with Crippen molar-refractivity contribution in [2.45, 2.75) is 63.1 Å². The summed E-state index contributed by atoms with van der Waals surface area (Å²) in [6.45, 7) is 4.52. The Morgan fingerprint density at radius 3 is 2.94 bits per heavy atom. The van der Waals surface area contributed by atoms with E-state index in [0.717, 1.165) is 38.8 Å². The van der Waals surface area contributed by atoms with E-state index in [1.54, 1.807) is 0 Å². The third-order valence-corrected chi connectivity index (χ3v) is 4.83. The van der Waals surface area contributed by atoms with Gasteiger partial charge >= 0.3 is 0 Å². The Bertz CT molecular complexity index is 324. The van der Waals surface area contributed by atoms with Crippen molar-refractivity contribution in [1.29, 1.82) is 0 Å². The van der Waals surface area contributed by atoms with E-state index in [4.69, 9.17) is 4.74 Å². The van der Waals surface area contributed by atoms with Gasteiger partial charge in [-0.25, -0.2) is 0 Å². The molecule has 0 aromatic carbocycles. The van der Waals surface area contributed by atoms with Crippen LogP contribution in [0.4, 0.5) is 0 Å². The molecule has 0 bridgehead atoms. The molecule has 1 N–H and O–H groups in total. The van der Waals surface area contributed by atoms with E-state index >= 15 is 0 Å². The smallest absolute Gasteiger partial charge is 0.243 e. The molecule has 3 fully saturated rings. The molecule has 1 saturated carbocycles. The van der Waals surface area contributed by atoms with Crippen LogP contribution in [-0.2, 0) is 9.53 Å². The summed E-state index contributed by atoms with van der Waals surface area (Å²) >= 11 is 0. The lowest BCUT2D eigenvalue weighted by molar-refractivity contribution is -0.155. The van der Waals surface area contributed by atoms with Gasteiger partial charge in [-0.15, -0.1) is 0 Å². The Kier molecular flexibility index (Phi) is 3.32. The predicted octanol–water partition coefficient (Wildman–Crippen LogP) is 1.30. The molecule has 3 aliphatic rings. The molecule has 2 aliphatic heterocycles. The lowest BCUT2D eigenvalue weighted by atomic mass is 9.88. The maximum atomic E-state index is 12.8. The lowest BCUT2D eigenvalue weighted by Gasteiger charge is -2.46. The number of rotatable bonds is 1. The molecule has 18 heavy (non-hydrogen) atoms. The summed E-state index contributed by atoms with van der Waals surface area (Å²) in [5.41, 5.74) is -0.320. The maximum absolute atomic E-state index is 12.8. The topological polar surface area (TPSA) is 41.6 Å². The number of morpholine rings is 1. The van der Waals surface area contributed by atoms with E-state index in [1.807, 2.05) is 0 Å². The molecule has 2 heterocycles. The third-order valence-electron chi connectivity index (χ3n) is 4.83. The highest BCUT2D eigenvalue weighted by atomic mass is 16.5. The van der Waals surface area contributed by atoms with E-state index in [2.05, 4.69) is 17.1 Å². The molecular weight excluding hydrogens is 228 g/mol. The zero-order chi connectivity index (χ0) is 12.6. The molecular formula is C14H24N2O2. The van der Waals surface area contributed by atoms with E-state index in [9.17, 15) is 4.79 Å². The first kappa shape index (κ1) is 12.4. The Morgan fingerprint density at radius 1 is 1.33 bits per heavy atom. The number of hydrogen-bond acceptors (Lipinski definition) is 3. The monoisotopic (exact) mass is 252 g/mol. The molecule has 102 valence electrons. The number of amides is 1. The minimum atomic E-state index is -0.320. The van der Waals surface area contributed by atoms with Crippen molar-refractivity contribution < 1.29 is 9.53 Å². The summed E-state index contributed by atoms with van der Waals surface area (Å²) in [6, 6.07) is 0.333. The van der Waals surface area contributed by atoms with Crippen molar-refractivity contribution in [3.8, 4) is 0 Å². The third kappa shape index (κ3) is 2.05. The molecule has 3 unspecified atom stereocenters. The number of nitrogens with zero attached hydrogens (tertiary/aromatic N) is 1. The van der Waals surface area contributed by atoms with Gasteiger partial charge in [0.2, 0.25) is 5.91 Å². The van der Waals surface area contributed by atoms with Crippen LogP contribution in [-0.4, -0.2) is 48.2 Å². The van der Waals surface area contributed by atoms with Crippen LogP contribution in [0.1, 0.15) is 45.4 Å². The standard InChI is InChI=1S/C14H24N2O2/c1-14(7-4-8-15-14)13(17)16-9-10-18-12-6-3-2-5-11(12)16/h11-12,15H,2-10H2,1H3. The molecule has 1 aliphatic carbocycles. The second-order valence-corrected chi connectivity index (χ2v) is 6.12. The highest BCUT2D eigenvalue weighted by molar-refractivity contribution is 5.86. The zero-order valence-corrected chi connectivity index (χ0v) is 11.3. The Balaban J connectivity index is 1.75. The molecule has 2 saturated heterocycles. The van der Waals surface area contributed by atoms with Gasteiger partial charge in [-0.1, -0.05) is 12.8 Å². The van der Waals surface area contributed by atoms with Crippen LogP contribution >= 0.6 is 0 Å². The molecule has 1 amide bonds. The number of fused-ring (bicyclic) bond motifs is 1. The van der Waals surface area contributed by atoms with Gasteiger partial charge in [0.25, 0.3) is 0 Å². The fraction of sp³-hybridized carbons (Fsp3) is 0.929. The number of hydrogen-bond donors (Lipinski definition) is 1. The van der Waals surface area contributed by atoms with Gasteiger partial charge in [0.15, 0.2) is 0 Å². The first-order chi connectivity index (χ1) is 8.71. The van der Waals surface area contributed by atoms with E-state index in [-0.39, 0.29) is 5.54 Å². The largest absolute Gasteiger partial charge is 0.374 e. The summed E-state index contributed by atoms with van der Waals surface area (Å²) < 4.78 is 5.84. The quantitative estimate of drug-likeness (QED) is 0.765. The Morgan fingerprint density at radius 2 is 2.17 bits per heavy atom. The number of nitrogens with one attached hydrogen (secondary N) is 1. The number of ether oxygens (including phenoxy) is 1. The van der Waals surface area contributed by atoms with E-state index in [1.165, 1.54) is 12.8 Å². The van der Waals surface area contributed by atoms with Gasteiger partial charge in [0, 0.05) is 6.54 Å². The van der Waals surface area contributed by atoms with Crippen molar-refractivity contribution in [3.05, 3.63) is 0 Å². The van der Waals surface area contributed by atoms with Crippen LogP contribution in [0.25, 0.3) is 0 Å². The summed E-state index contributed by atoms with van der Waals surface area (Å²) in [6.07, 6.45) is 7.10. The minimum Gasteiger partial charge on any atom is -0.374 e. The Hall–Kier alpha value is -0.610. The molecule has 0 aromatic rings. The summed E-state index contributed by atoms with van der Waals surface area (Å²) in [5.74, 6) is 0.306. The number of carbonyl (C=O) groups excluding carboxylic acids is 1. The maximum Gasteiger partial charge on any atom is 0.243 e. The molecule has 0 aromatic heterocycles. The minimum absolute atomic E-state index is 0.293. The average Bonchev–Trinajstić information content (AvgIpc) is 2.85. The van der Waals surface area contributed by atoms with Crippen LogP contribution in [0.3, 0.4) is 0 Å². The molecule has 3 atom stereocenters. The molecule has 0 spiro atoms. The SMILES string of the molecule is CC1(C(=O)N2CCOC3CCCCC32)CCCN1. The number of carbonyl (C=O) groups is 1. The van der Waals surface area contributed by atoms with Crippen molar-refractivity contribution >= 4 is 5.91 Å². The van der Waals surface area contributed by atoms with Gasteiger partial charge in [-0.05, 0) is 39.2 Å². The normalized spacial score (nSPS) is 40.6. The van der Waals surface area contributed by atoms with Crippen LogP contribution in [0, 0.1) is 0 Å². The van der Waals surface area contributed by atoms with Crippen molar-refractivity contribution in [2.24, 2.45) is 0 Å². The van der Waals surface area contributed by atoms with Crippen molar-refractivity contribution in [2.75, 3.05) is 19.7 Å². The first-order valence-corrected chi connectivity index (χ1v) is 7.38. The molecule has 3 rings (SSSR count). The van der Waals surface area contributed by atoms with Crippen LogP contribution in [0.5, 0.6) is 0 Å². The zero-order valence-electron chi connectivity index (χ0n) is 11.3. The first-order valence-electron chi connectivity index (χ1n) is 7.38. The molecule has 4 nitrogen and oxygen atoms in total. The van der Waals surface area contributed by atoms with Crippen LogP contribution < -0.4 is 5.32 Å². The van der Waals surface area contributed by atoms with Gasteiger partial charge in [0.1, 0.15) is 0 Å². The predicted molar refractivity (Wildman–Crippen MR) is 69.4 cm³/mol. The van der Waals surface area contributed by atoms with E-state index in [0.29, 0.717) is 24.7 Å². The fourth-order valence-electron chi connectivity index (χ4n) is 3.74. The van der Waals surface area contributed by atoms with Gasteiger partial charge < -0.3 is 15.0 Å². The second-order valence-electron chi connectivity index (χ2n) is 6.12. The van der Waals surface area contributed by atoms with Gasteiger partial charge in [-0.3, -0.25) is 4.79 Å². The van der Waals surface area contributed by atoms with Gasteiger partial charge in [-0.2, -0.15) is 0 Å². The van der Waals surface area contributed by atoms with E-state index < -0.39 is 0 Å². The molecule has 4 heteroatoms. The summed E-state index contributed by atoms with van der Waals surface area (Å²) in [7, 11) is 0. The van der Waals surface area contributed by atoms with Crippen LogP contribution in [0.15, 0.2) is 0 Å². The van der Waals surface area contributed by atoms with Gasteiger partial charge in [0.05, 0.1) is 24.3 Å². The summed E-state index contributed by atoms with van der Waals surface area (Å²) in [4.78, 5) is 14.9. The van der Waals surface area contributed by atoms with Crippen LogP contribution in [0.2, 0.25) is 0 Å². The highest BCUT2D eigenvalue weighted by Gasteiger charge is 2.44. The van der Waals surface area contributed by atoms with Crippen molar-refractivity contribution in [3.63, 3.8) is 0 Å². The Labute approximate surface area is 109 Å². The second kappa shape index (κ2) is 4.82.